The molecule has 0 radical (unpaired) electrons. The molecule has 4 rings (SSSR count). The topological polar surface area (TPSA) is 61.4 Å². The maximum atomic E-state index is 11.2. The van der Waals surface area contributed by atoms with Gasteiger partial charge in [-0.05, 0) is 53.3 Å². The molecule has 0 amide bonds. The van der Waals surface area contributed by atoms with Crippen LogP contribution in [0.1, 0.15) is 39.9 Å². The Kier molecular flexibility index (Phi) is 3.53. The van der Waals surface area contributed by atoms with Crippen LogP contribution in [0.4, 0.5) is 5.69 Å². The van der Waals surface area contributed by atoms with E-state index in [1.165, 1.54) is 5.56 Å². The number of carboxylic acids is 1. The first-order valence-electron chi connectivity index (χ1n) is 8.10. The molecule has 0 unspecified atom stereocenters. The van der Waals surface area contributed by atoms with E-state index in [0.717, 1.165) is 23.4 Å². The van der Waals surface area contributed by atoms with Gasteiger partial charge in [0.25, 0.3) is 0 Å². The second kappa shape index (κ2) is 5.71. The van der Waals surface area contributed by atoms with Crippen molar-refractivity contribution in [2.45, 2.75) is 18.4 Å². The molecule has 2 aliphatic rings. The Labute approximate surface area is 140 Å². The average molecular weight is 320 g/mol. The van der Waals surface area contributed by atoms with E-state index in [2.05, 4.69) is 29.6 Å². The standard InChI is InChI=1S/C20H19NO3/c1-24-14-8-5-12(6-9-14)19-16-4-2-3-15(16)17-11-13(20(22)23)7-10-18(17)21-19/h2-3,5-11,15-16,19,21H,4H2,1H3,(H,22,23)/p-1/t15-,16-,19+/m0/s1. The largest absolute Gasteiger partial charge is 0.545 e. The lowest BCUT2D eigenvalue weighted by molar-refractivity contribution is -0.255. The molecule has 1 aliphatic carbocycles. The number of hydrogen-bond acceptors (Lipinski definition) is 4. The Morgan fingerprint density at radius 3 is 2.71 bits per heavy atom. The summed E-state index contributed by atoms with van der Waals surface area (Å²) in [6.45, 7) is 0. The van der Waals surface area contributed by atoms with Crippen LogP contribution in [0.2, 0.25) is 0 Å². The van der Waals surface area contributed by atoms with E-state index < -0.39 is 5.97 Å². The molecule has 4 nitrogen and oxygen atoms in total. The predicted octanol–water partition coefficient (Wildman–Crippen LogP) is 2.89. The summed E-state index contributed by atoms with van der Waals surface area (Å²) < 4.78 is 5.24. The van der Waals surface area contributed by atoms with Gasteiger partial charge in [-0.25, -0.2) is 0 Å². The number of ether oxygens (including phenoxy) is 1. The smallest absolute Gasteiger partial charge is 0.118 e. The molecule has 4 heteroatoms. The summed E-state index contributed by atoms with van der Waals surface area (Å²) >= 11 is 0. The second-order valence-corrected chi connectivity index (χ2v) is 6.34. The SMILES string of the molecule is COc1ccc([C@H]2Nc3ccc(C(=O)[O-])cc3[C@H]3C=CC[C@@H]32)cc1. The highest BCUT2D eigenvalue weighted by molar-refractivity contribution is 5.87. The molecule has 0 bridgehead atoms. The van der Waals surface area contributed by atoms with Gasteiger partial charge in [-0.1, -0.05) is 30.4 Å². The van der Waals surface area contributed by atoms with Crippen molar-refractivity contribution in [2.75, 3.05) is 12.4 Å². The number of nitrogens with one attached hydrogen (secondary N) is 1. The van der Waals surface area contributed by atoms with Gasteiger partial charge in [0, 0.05) is 11.6 Å². The van der Waals surface area contributed by atoms with Gasteiger partial charge in [0.05, 0.1) is 19.1 Å². The summed E-state index contributed by atoms with van der Waals surface area (Å²) in [5.41, 5.74) is 3.48. The molecule has 24 heavy (non-hydrogen) atoms. The van der Waals surface area contributed by atoms with Crippen molar-refractivity contribution in [2.24, 2.45) is 5.92 Å². The number of carbonyl (C=O) groups excluding carboxylic acids is 1. The van der Waals surface area contributed by atoms with Gasteiger partial charge in [0.2, 0.25) is 0 Å². The van der Waals surface area contributed by atoms with Crippen LogP contribution in [-0.2, 0) is 0 Å². The van der Waals surface area contributed by atoms with E-state index in [9.17, 15) is 9.90 Å². The zero-order valence-electron chi connectivity index (χ0n) is 13.4. The molecule has 0 spiro atoms. The lowest BCUT2D eigenvalue weighted by atomic mass is 9.76. The summed E-state index contributed by atoms with van der Waals surface area (Å²) in [7, 11) is 1.66. The van der Waals surface area contributed by atoms with Gasteiger partial charge in [-0.3, -0.25) is 0 Å². The summed E-state index contributed by atoms with van der Waals surface area (Å²) in [4.78, 5) is 11.2. The van der Waals surface area contributed by atoms with Gasteiger partial charge < -0.3 is 20.0 Å². The van der Waals surface area contributed by atoms with E-state index >= 15 is 0 Å². The number of carbonyl (C=O) groups is 1. The van der Waals surface area contributed by atoms with Gasteiger partial charge in [-0.15, -0.1) is 0 Å². The fraction of sp³-hybridized carbons (Fsp3) is 0.250. The zero-order chi connectivity index (χ0) is 16.7. The first-order valence-corrected chi connectivity index (χ1v) is 8.10. The first-order chi connectivity index (χ1) is 11.7. The molecule has 3 atom stereocenters. The fourth-order valence-electron chi connectivity index (χ4n) is 3.86. The van der Waals surface area contributed by atoms with E-state index in [1.54, 1.807) is 19.2 Å². The number of benzene rings is 2. The number of methoxy groups -OCH3 is 1. The minimum absolute atomic E-state index is 0.192. The third-order valence-electron chi connectivity index (χ3n) is 5.07. The maximum Gasteiger partial charge on any atom is 0.118 e. The number of anilines is 1. The molecule has 122 valence electrons. The van der Waals surface area contributed by atoms with Crippen LogP contribution in [0.25, 0.3) is 0 Å². The van der Waals surface area contributed by atoms with E-state index in [1.807, 2.05) is 18.2 Å². The Morgan fingerprint density at radius 2 is 2.00 bits per heavy atom. The summed E-state index contributed by atoms with van der Waals surface area (Å²) in [6.07, 6.45) is 5.36. The molecule has 1 aliphatic heterocycles. The average Bonchev–Trinajstić information content (AvgIpc) is 3.10. The van der Waals surface area contributed by atoms with Crippen LogP contribution in [0, 0.1) is 5.92 Å². The lowest BCUT2D eigenvalue weighted by Crippen LogP contribution is -2.30. The molecule has 1 N–H and O–H groups in total. The van der Waals surface area contributed by atoms with E-state index in [-0.39, 0.29) is 17.5 Å². The van der Waals surface area contributed by atoms with Crippen LogP contribution in [0.15, 0.2) is 54.6 Å². The Bertz CT molecular complexity index is 810. The highest BCUT2D eigenvalue weighted by Crippen LogP contribution is 2.49. The quantitative estimate of drug-likeness (QED) is 0.883. The number of carboxylic acid groups (broad SMARTS) is 1. The monoisotopic (exact) mass is 320 g/mol. The highest BCUT2D eigenvalue weighted by atomic mass is 16.5. The molecule has 0 aromatic heterocycles. The molecule has 0 saturated heterocycles. The van der Waals surface area contributed by atoms with Crippen molar-refractivity contribution in [3.8, 4) is 5.75 Å². The number of allylic oxidation sites excluding steroid dienone is 2. The summed E-state index contributed by atoms with van der Waals surface area (Å²) in [5, 5.41) is 14.8. The number of hydrogen-bond donors (Lipinski definition) is 1. The lowest BCUT2D eigenvalue weighted by Gasteiger charge is -2.37. The van der Waals surface area contributed by atoms with Crippen LogP contribution < -0.4 is 15.2 Å². The molecule has 2 aromatic rings. The third kappa shape index (κ3) is 2.35. The van der Waals surface area contributed by atoms with Gasteiger partial charge in [0.15, 0.2) is 0 Å². The molecule has 1 heterocycles. The predicted molar refractivity (Wildman–Crippen MR) is 90.1 cm³/mol. The Hall–Kier alpha value is -2.75. The second-order valence-electron chi connectivity index (χ2n) is 6.34. The van der Waals surface area contributed by atoms with Crippen LogP contribution in [0.3, 0.4) is 0 Å². The van der Waals surface area contributed by atoms with Gasteiger partial charge in [0.1, 0.15) is 5.75 Å². The molecule has 0 saturated carbocycles. The van der Waals surface area contributed by atoms with Gasteiger partial charge in [-0.2, -0.15) is 0 Å². The molecule has 0 fully saturated rings. The zero-order valence-corrected chi connectivity index (χ0v) is 13.4. The summed E-state index contributed by atoms with van der Waals surface area (Å²) in [5.74, 6) is 0.318. The number of aromatic carboxylic acids is 1. The number of rotatable bonds is 3. The number of fused-ring (bicyclic) bond motifs is 3. The summed E-state index contributed by atoms with van der Waals surface area (Å²) in [6, 6.07) is 13.5. The van der Waals surface area contributed by atoms with E-state index in [0.29, 0.717) is 5.92 Å². The van der Waals surface area contributed by atoms with Crippen molar-refractivity contribution in [3.05, 3.63) is 71.3 Å². The third-order valence-corrected chi connectivity index (χ3v) is 5.07. The normalized spacial score (nSPS) is 24.0. The van der Waals surface area contributed by atoms with Gasteiger partial charge >= 0.3 is 0 Å². The van der Waals surface area contributed by atoms with E-state index in [4.69, 9.17) is 4.74 Å². The fourth-order valence-corrected chi connectivity index (χ4v) is 3.86. The highest BCUT2D eigenvalue weighted by Gasteiger charge is 2.37. The van der Waals surface area contributed by atoms with Crippen molar-refractivity contribution in [3.63, 3.8) is 0 Å². The molecular formula is C20H18NO3-. The molecular weight excluding hydrogens is 302 g/mol. The maximum absolute atomic E-state index is 11.2. The van der Waals surface area contributed by atoms with Crippen LogP contribution in [0.5, 0.6) is 5.75 Å². The van der Waals surface area contributed by atoms with Crippen molar-refractivity contribution in [1.82, 2.24) is 0 Å². The van der Waals surface area contributed by atoms with Crippen LogP contribution in [-0.4, -0.2) is 13.1 Å². The Morgan fingerprint density at radius 1 is 1.21 bits per heavy atom. The molecule has 2 aromatic carbocycles. The minimum Gasteiger partial charge on any atom is -0.545 e. The van der Waals surface area contributed by atoms with Crippen molar-refractivity contribution in [1.29, 1.82) is 0 Å². The minimum atomic E-state index is -1.13. The van der Waals surface area contributed by atoms with Crippen molar-refractivity contribution < 1.29 is 14.6 Å². The Balaban J connectivity index is 1.73. The van der Waals surface area contributed by atoms with Crippen LogP contribution >= 0.6 is 0 Å². The first kappa shape index (κ1) is 14.8. The van der Waals surface area contributed by atoms with Crippen molar-refractivity contribution >= 4 is 11.7 Å².